The van der Waals surface area contributed by atoms with Gasteiger partial charge in [-0.2, -0.15) is 0 Å². The van der Waals surface area contributed by atoms with Gasteiger partial charge in [0.2, 0.25) is 0 Å². The molecule has 0 unspecified atom stereocenters. The van der Waals surface area contributed by atoms with Gasteiger partial charge in [-0.3, -0.25) is 0 Å². The molecule has 0 atom stereocenters. The van der Waals surface area contributed by atoms with Gasteiger partial charge < -0.3 is 10.2 Å². The Morgan fingerprint density at radius 3 is 2.54 bits per heavy atom. The predicted octanol–water partition coefficient (Wildman–Crippen LogP) is 4.56. The molecule has 122 valence electrons. The molecule has 1 N–H and O–H groups in total. The molecule has 3 rings (SSSR count). The lowest BCUT2D eigenvalue weighted by Crippen LogP contribution is -2.23. The summed E-state index contributed by atoms with van der Waals surface area (Å²) in [5.74, 6) is 1.73. The Hall–Kier alpha value is -2.88. The van der Waals surface area contributed by atoms with E-state index in [9.17, 15) is 0 Å². The smallest absolute Gasteiger partial charge is 0.135 e. The van der Waals surface area contributed by atoms with Crippen LogP contribution in [-0.4, -0.2) is 16.5 Å². The largest absolute Gasteiger partial charge is 0.352 e. The van der Waals surface area contributed by atoms with Crippen molar-refractivity contribution in [2.75, 3.05) is 16.8 Å². The standard InChI is InChI=1S/C20H22N4/c1-3-24(14-17-9-5-4-6-10-17)20-13-19(21-15-22-20)23-18-11-7-8-16(2)12-18/h4-13,15H,3,14H2,1-2H3,(H,21,22,23). The molecule has 0 radical (unpaired) electrons. The van der Waals surface area contributed by atoms with Gasteiger partial charge in [0.25, 0.3) is 0 Å². The number of anilines is 3. The number of benzene rings is 2. The van der Waals surface area contributed by atoms with Gasteiger partial charge in [0.1, 0.15) is 18.0 Å². The Bertz CT molecular complexity index is 786. The fourth-order valence-electron chi connectivity index (χ4n) is 2.62. The van der Waals surface area contributed by atoms with Crippen LogP contribution in [0.2, 0.25) is 0 Å². The quantitative estimate of drug-likeness (QED) is 0.723. The fraction of sp³-hybridized carbons (Fsp3) is 0.200. The fourth-order valence-corrected chi connectivity index (χ4v) is 2.62. The molecule has 0 amide bonds. The zero-order valence-electron chi connectivity index (χ0n) is 14.1. The van der Waals surface area contributed by atoms with Crippen LogP contribution in [0.4, 0.5) is 17.3 Å². The molecule has 4 heteroatoms. The van der Waals surface area contributed by atoms with Crippen LogP contribution in [0.5, 0.6) is 0 Å². The van der Waals surface area contributed by atoms with Crippen molar-refractivity contribution in [2.24, 2.45) is 0 Å². The third-order valence-corrected chi connectivity index (χ3v) is 3.87. The summed E-state index contributed by atoms with van der Waals surface area (Å²) in [5, 5.41) is 3.35. The molecule has 4 nitrogen and oxygen atoms in total. The van der Waals surface area contributed by atoms with Crippen LogP contribution in [-0.2, 0) is 6.54 Å². The van der Waals surface area contributed by atoms with Crippen LogP contribution < -0.4 is 10.2 Å². The Morgan fingerprint density at radius 1 is 0.958 bits per heavy atom. The highest BCUT2D eigenvalue weighted by Crippen LogP contribution is 2.20. The van der Waals surface area contributed by atoms with Crippen molar-refractivity contribution in [3.63, 3.8) is 0 Å². The zero-order chi connectivity index (χ0) is 16.8. The lowest BCUT2D eigenvalue weighted by atomic mass is 10.2. The Kier molecular flexibility index (Phi) is 5.06. The number of nitrogens with one attached hydrogen (secondary N) is 1. The first-order valence-corrected chi connectivity index (χ1v) is 8.19. The van der Waals surface area contributed by atoms with E-state index >= 15 is 0 Å². The number of aryl methyl sites for hydroxylation is 1. The van der Waals surface area contributed by atoms with Crippen LogP contribution >= 0.6 is 0 Å². The minimum absolute atomic E-state index is 0.803. The van der Waals surface area contributed by atoms with E-state index in [0.29, 0.717) is 0 Å². The number of hydrogen-bond acceptors (Lipinski definition) is 4. The molecule has 0 aliphatic heterocycles. The molecule has 0 bridgehead atoms. The second-order valence-electron chi connectivity index (χ2n) is 5.76. The van der Waals surface area contributed by atoms with E-state index in [1.54, 1.807) is 6.33 Å². The summed E-state index contributed by atoms with van der Waals surface area (Å²) in [6.07, 6.45) is 1.61. The minimum Gasteiger partial charge on any atom is -0.352 e. The van der Waals surface area contributed by atoms with Gasteiger partial charge in [0, 0.05) is 24.8 Å². The van der Waals surface area contributed by atoms with Gasteiger partial charge in [0.15, 0.2) is 0 Å². The molecule has 0 aliphatic carbocycles. The van der Waals surface area contributed by atoms with E-state index in [4.69, 9.17) is 0 Å². The van der Waals surface area contributed by atoms with Crippen molar-refractivity contribution in [1.82, 2.24) is 9.97 Å². The van der Waals surface area contributed by atoms with Crippen LogP contribution in [0.1, 0.15) is 18.1 Å². The van der Waals surface area contributed by atoms with E-state index in [2.05, 4.69) is 70.4 Å². The predicted molar refractivity (Wildman–Crippen MR) is 99.7 cm³/mol. The van der Waals surface area contributed by atoms with Crippen LogP contribution in [0.3, 0.4) is 0 Å². The second-order valence-corrected chi connectivity index (χ2v) is 5.76. The summed E-state index contributed by atoms with van der Waals surface area (Å²) in [6.45, 7) is 5.93. The van der Waals surface area contributed by atoms with Crippen LogP contribution in [0, 0.1) is 6.92 Å². The maximum absolute atomic E-state index is 4.44. The Labute approximate surface area is 143 Å². The molecule has 0 spiro atoms. The number of aromatic nitrogens is 2. The number of nitrogens with zero attached hydrogens (tertiary/aromatic N) is 3. The first-order chi connectivity index (χ1) is 11.7. The highest BCUT2D eigenvalue weighted by molar-refractivity contribution is 5.60. The molecular weight excluding hydrogens is 296 g/mol. The summed E-state index contributed by atoms with van der Waals surface area (Å²) in [4.78, 5) is 11.0. The zero-order valence-corrected chi connectivity index (χ0v) is 14.1. The van der Waals surface area contributed by atoms with E-state index in [1.807, 2.05) is 24.3 Å². The lowest BCUT2D eigenvalue weighted by Gasteiger charge is -2.22. The molecule has 0 fully saturated rings. The average Bonchev–Trinajstić information content (AvgIpc) is 2.61. The first-order valence-electron chi connectivity index (χ1n) is 8.19. The topological polar surface area (TPSA) is 41.0 Å². The molecule has 24 heavy (non-hydrogen) atoms. The number of hydrogen-bond donors (Lipinski definition) is 1. The van der Waals surface area contributed by atoms with Crippen molar-refractivity contribution in [3.05, 3.63) is 78.1 Å². The van der Waals surface area contributed by atoms with Crippen molar-refractivity contribution in [2.45, 2.75) is 20.4 Å². The molecule has 2 aromatic carbocycles. The SMILES string of the molecule is CCN(Cc1ccccc1)c1cc(Nc2cccc(C)c2)ncn1. The van der Waals surface area contributed by atoms with Gasteiger partial charge in [-0.25, -0.2) is 9.97 Å². The van der Waals surface area contributed by atoms with Gasteiger partial charge in [0.05, 0.1) is 0 Å². The van der Waals surface area contributed by atoms with Crippen molar-refractivity contribution in [3.8, 4) is 0 Å². The number of rotatable bonds is 6. The third kappa shape index (κ3) is 4.10. The molecule has 0 aliphatic rings. The Balaban J connectivity index is 1.78. The van der Waals surface area contributed by atoms with E-state index in [0.717, 1.165) is 30.4 Å². The third-order valence-electron chi connectivity index (χ3n) is 3.87. The summed E-state index contributed by atoms with van der Waals surface area (Å²) >= 11 is 0. The molecule has 3 aromatic rings. The normalized spacial score (nSPS) is 10.4. The average molecular weight is 318 g/mol. The van der Waals surface area contributed by atoms with Crippen LogP contribution in [0.15, 0.2) is 67.0 Å². The molecular formula is C20H22N4. The molecule has 1 heterocycles. The molecule has 1 aromatic heterocycles. The van der Waals surface area contributed by atoms with E-state index in [-0.39, 0.29) is 0 Å². The summed E-state index contributed by atoms with van der Waals surface area (Å²) in [5.41, 5.74) is 3.52. The second kappa shape index (κ2) is 7.59. The van der Waals surface area contributed by atoms with E-state index in [1.165, 1.54) is 11.1 Å². The van der Waals surface area contributed by atoms with Gasteiger partial charge in [-0.05, 0) is 37.1 Å². The molecule has 0 saturated carbocycles. The van der Waals surface area contributed by atoms with Gasteiger partial charge in [-0.15, -0.1) is 0 Å². The first kappa shape index (κ1) is 16.0. The van der Waals surface area contributed by atoms with Crippen molar-refractivity contribution in [1.29, 1.82) is 0 Å². The maximum Gasteiger partial charge on any atom is 0.135 e. The highest BCUT2D eigenvalue weighted by Gasteiger charge is 2.08. The van der Waals surface area contributed by atoms with Crippen molar-refractivity contribution < 1.29 is 0 Å². The van der Waals surface area contributed by atoms with Gasteiger partial charge in [-0.1, -0.05) is 42.5 Å². The summed E-state index contributed by atoms with van der Waals surface area (Å²) in [7, 11) is 0. The summed E-state index contributed by atoms with van der Waals surface area (Å²) in [6, 6.07) is 20.7. The van der Waals surface area contributed by atoms with E-state index < -0.39 is 0 Å². The lowest BCUT2D eigenvalue weighted by molar-refractivity contribution is 0.810. The maximum atomic E-state index is 4.44. The summed E-state index contributed by atoms with van der Waals surface area (Å²) < 4.78 is 0. The van der Waals surface area contributed by atoms with Gasteiger partial charge >= 0.3 is 0 Å². The monoisotopic (exact) mass is 318 g/mol. The Morgan fingerprint density at radius 2 is 1.79 bits per heavy atom. The van der Waals surface area contributed by atoms with Crippen molar-refractivity contribution >= 4 is 17.3 Å². The molecule has 0 saturated heterocycles. The minimum atomic E-state index is 0.803. The highest BCUT2D eigenvalue weighted by atomic mass is 15.2. The van der Waals surface area contributed by atoms with Crippen LogP contribution in [0.25, 0.3) is 0 Å².